The van der Waals surface area contributed by atoms with Crippen molar-refractivity contribution in [3.05, 3.63) is 0 Å². The molecule has 1 fully saturated rings. The molecule has 0 aromatic heterocycles. The molecule has 0 bridgehead atoms. The van der Waals surface area contributed by atoms with Crippen LogP contribution in [0.25, 0.3) is 0 Å². The minimum atomic E-state index is 0.320. The van der Waals surface area contributed by atoms with Gasteiger partial charge in [-0.15, -0.1) is 11.6 Å². The van der Waals surface area contributed by atoms with Crippen LogP contribution in [-0.4, -0.2) is 56.8 Å². The third kappa shape index (κ3) is 5.48. The van der Waals surface area contributed by atoms with Gasteiger partial charge in [-0.05, 0) is 38.8 Å². The topological polar surface area (TPSA) is 21.7 Å². The molecule has 0 aliphatic carbocycles. The summed E-state index contributed by atoms with van der Waals surface area (Å²) in [5.74, 6) is 0.701. The van der Waals surface area contributed by atoms with Crippen molar-refractivity contribution in [1.29, 1.82) is 0 Å². The zero-order chi connectivity index (χ0) is 11.8. The molecule has 0 aromatic carbocycles. The highest BCUT2D eigenvalue weighted by Gasteiger charge is 2.22. The molecule has 1 aliphatic rings. The fourth-order valence-corrected chi connectivity index (χ4v) is 2.33. The summed E-state index contributed by atoms with van der Waals surface area (Å²) in [6.45, 7) is 7.66. The Morgan fingerprint density at radius 2 is 1.94 bits per heavy atom. The summed E-state index contributed by atoms with van der Waals surface area (Å²) < 4.78 is 10.4. The number of alkyl halides is 1. The molecule has 0 aromatic rings. The summed E-state index contributed by atoms with van der Waals surface area (Å²) in [6, 6.07) is 0. The molecule has 0 spiro atoms. The lowest BCUT2D eigenvalue weighted by atomic mass is 9.94. The van der Waals surface area contributed by atoms with Crippen molar-refractivity contribution in [2.75, 3.05) is 46.6 Å². The van der Waals surface area contributed by atoms with E-state index in [1.807, 2.05) is 0 Å². The van der Waals surface area contributed by atoms with Crippen molar-refractivity contribution in [2.45, 2.75) is 25.1 Å². The predicted octanol–water partition coefficient (Wildman–Crippen LogP) is 1.99. The lowest BCUT2D eigenvalue weighted by Gasteiger charge is -2.32. The van der Waals surface area contributed by atoms with E-state index in [4.69, 9.17) is 21.1 Å². The molecule has 1 aliphatic heterocycles. The zero-order valence-electron chi connectivity index (χ0n) is 10.5. The van der Waals surface area contributed by atoms with Crippen LogP contribution in [0.4, 0.5) is 0 Å². The van der Waals surface area contributed by atoms with E-state index in [-0.39, 0.29) is 0 Å². The number of halogens is 1. The first-order chi connectivity index (χ1) is 7.74. The molecule has 96 valence electrons. The number of rotatable bonds is 7. The number of hydrogen-bond donors (Lipinski definition) is 0. The van der Waals surface area contributed by atoms with E-state index in [0.29, 0.717) is 24.5 Å². The smallest absolute Gasteiger partial charge is 0.0700 e. The van der Waals surface area contributed by atoms with Gasteiger partial charge in [0.05, 0.1) is 19.8 Å². The summed E-state index contributed by atoms with van der Waals surface area (Å²) in [5, 5.41) is 0.320. The van der Waals surface area contributed by atoms with E-state index in [2.05, 4.69) is 11.8 Å². The van der Waals surface area contributed by atoms with Crippen molar-refractivity contribution in [3.8, 4) is 0 Å². The summed E-state index contributed by atoms with van der Waals surface area (Å²) >= 11 is 6.11. The maximum atomic E-state index is 6.11. The van der Waals surface area contributed by atoms with Crippen molar-refractivity contribution >= 4 is 11.6 Å². The number of nitrogens with zero attached hydrogens (tertiary/aromatic N) is 1. The molecule has 1 heterocycles. The Bertz CT molecular complexity index is 170. The average Bonchev–Trinajstić information content (AvgIpc) is 2.29. The van der Waals surface area contributed by atoms with Crippen LogP contribution in [0.5, 0.6) is 0 Å². The Labute approximate surface area is 104 Å². The van der Waals surface area contributed by atoms with Crippen LogP contribution in [0.15, 0.2) is 0 Å². The van der Waals surface area contributed by atoms with Gasteiger partial charge in [0.1, 0.15) is 0 Å². The maximum absolute atomic E-state index is 6.11. The Morgan fingerprint density at radius 1 is 1.25 bits per heavy atom. The Hall–Kier alpha value is 0.170. The van der Waals surface area contributed by atoms with Gasteiger partial charge in [0.2, 0.25) is 0 Å². The standard InChI is InChI=1S/C12H24ClNO2/c1-11(13)12-3-5-14(6-4-12)7-8-16-10-9-15-2/h11-12H,3-10H2,1-2H3. The van der Waals surface area contributed by atoms with Crippen LogP contribution in [0.1, 0.15) is 19.8 Å². The first kappa shape index (κ1) is 14.2. The minimum absolute atomic E-state index is 0.320. The van der Waals surface area contributed by atoms with Crippen LogP contribution in [0, 0.1) is 5.92 Å². The maximum Gasteiger partial charge on any atom is 0.0700 e. The van der Waals surface area contributed by atoms with Crippen molar-refractivity contribution in [2.24, 2.45) is 5.92 Å². The lowest BCUT2D eigenvalue weighted by Crippen LogP contribution is -2.37. The first-order valence-electron chi connectivity index (χ1n) is 6.17. The van der Waals surface area contributed by atoms with Gasteiger partial charge < -0.3 is 14.4 Å². The summed E-state index contributed by atoms with van der Waals surface area (Å²) in [6.07, 6.45) is 2.45. The van der Waals surface area contributed by atoms with Crippen molar-refractivity contribution in [3.63, 3.8) is 0 Å². The fourth-order valence-electron chi connectivity index (χ4n) is 2.07. The summed E-state index contributed by atoms with van der Waals surface area (Å²) in [5.41, 5.74) is 0. The first-order valence-corrected chi connectivity index (χ1v) is 6.60. The number of methoxy groups -OCH3 is 1. The number of hydrogen-bond acceptors (Lipinski definition) is 3. The van der Waals surface area contributed by atoms with Crippen LogP contribution < -0.4 is 0 Å². The lowest BCUT2D eigenvalue weighted by molar-refractivity contribution is 0.0510. The average molecular weight is 250 g/mol. The van der Waals surface area contributed by atoms with E-state index in [0.717, 1.165) is 26.2 Å². The molecule has 0 N–H and O–H groups in total. The monoisotopic (exact) mass is 249 g/mol. The van der Waals surface area contributed by atoms with Gasteiger partial charge in [-0.3, -0.25) is 0 Å². The van der Waals surface area contributed by atoms with Crippen LogP contribution in [0.3, 0.4) is 0 Å². The molecule has 0 radical (unpaired) electrons. The van der Waals surface area contributed by atoms with Gasteiger partial charge >= 0.3 is 0 Å². The molecular formula is C12H24ClNO2. The second-order valence-corrected chi connectivity index (χ2v) is 5.15. The van der Waals surface area contributed by atoms with Crippen LogP contribution in [-0.2, 0) is 9.47 Å². The Morgan fingerprint density at radius 3 is 2.50 bits per heavy atom. The van der Waals surface area contributed by atoms with Crippen molar-refractivity contribution < 1.29 is 9.47 Å². The highest BCUT2D eigenvalue weighted by atomic mass is 35.5. The van der Waals surface area contributed by atoms with Gasteiger partial charge in [0.25, 0.3) is 0 Å². The molecule has 0 saturated carbocycles. The highest BCUT2D eigenvalue weighted by Crippen LogP contribution is 2.23. The van der Waals surface area contributed by atoms with Gasteiger partial charge in [-0.2, -0.15) is 0 Å². The molecule has 0 amide bonds. The predicted molar refractivity (Wildman–Crippen MR) is 67.2 cm³/mol. The third-order valence-electron chi connectivity index (χ3n) is 3.27. The second-order valence-electron chi connectivity index (χ2n) is 4.46. The number of ether oxygens (including phenoxy) is 2. The van der Waals surface area contributed by atoms with Crippen LogP contribution in [0.2, 0.25) is 0 Å². The second kappa shape index (κ2) is 8.29. The third-order valence-corrected chi connectivity index (χ3v) is 3.62. The molecular weight excluding hydrogens is 226 g/mol. The summed E-state index contributed by atoms with van der Waals surface area (Å²) in [4.78, 5) is 2.46. The van der Waals surface area contributed by atoms with E-state index >= 15 is 0 Å². The van der Waals surface area contributed by atoms with Crippen molar-refractivity contribution in [1.82, 2.24) is 4.90 Å². The molecule has 3 nitrogen and oxygen atoms in total. The van der Waals surface area contributed by atoms with E-state index in [9.17, 15) is 0 Å². The Kier molecular flexibility index (Phi) is 7.37. The van der Waals surface area contributed by atoms with Gasteiger partial charge in [-0.25, -0.2) is 0 Å². The normalized spacial score (nSPS) is 21.2. The molecule has 1 rings (SSSR count). The fraction of sp³-hybridized carbons (Fsp3) is 1.00. The molecule has 1 atom stereocenters. The highest BCUT2D eigenvalue weighted by molar-refractivity contribution is 6.20. The summed E-state index contributed by atoms with van der Waals surface area (Å²) in [7, 11) is 1.70. The minimum Gasteiger partial charge on any atom is -0.382 e. The molecule has 4 heteroatoms. The van der Waals surface area contributed by atoms with Gasteiger partial charge in [0, 0.05) is 19.0 Å². The number of piperidine rings is 1. The van der Waals surface area contributed by atoms with E-state index < -0.39 is 0 Å². The van der Waals surface area contributed by atoms with Crippen LogP contribution >= 0.6 is 11.6 Å². The Balaban J connectivity index is 1.99. The van der Waals surface area contributed by atoms with E-state index in [1.165, 1.54) is 12.8 Å². The van der Waals surface area contributed by atoms with Gasteiger partial charge in [-0.1, -0.05) is 0 Å². The molecule has 1 unspecified atom stereocenters. The SMILES string of the molecule is COCCOCCN1CCC(C(C)Cl)CC1. The van der Waals surface area contributed by atoms with Gasteiger partial charge in [0.15, 0.2) is 0 Å². The molecule has 1 saturated heterocycles. The molecule has 16 heavy (non-hydrogen) atoms. The van der Waals surface area contributed by atoms with E-state index in [1.54, 1.807) is 7.11 Å². The quantitative estimate of drug-likeness (QED) is 0.509. The number of likely N-dealkylation sites (tertiary alicyclic amines) is 1. The zero-order valence-corrected chi connectivity index (χ0v) is 11.2. The largest absolute Gasteiger partial charge is 0.382 e.